The Balaban J connectivity index is 0.000000298. The van der Waals surface area contributed by atoms with E-state index in [1.165, 1.54) is 19.1 Å². The maximum absolute atomic E-state index is 14.4. The summed E-state index contributed by atoms with van der Waals surface area (Å²) in [6.07, 6.45) is 16.8. The minimum Gasteiger partial charge on any atom is -0.480 e. The number of aliphatic carboxylic acids is 1. The molecule has 2 amide bonds. The number of oxime groups is 2. The van der Waals surface area contributed by atoms with Gasteiger partial charge in [0, 0.05) is 71.0 Å². The van der Waals surface area contributed by atoms with Crippen LogP contribution in [0.4, 0.5) is 0 Å². The minimum absolute atomic E-state index is 0. The van der Waals surface area contributed by atoms with Crippen LogP contribution >= 0.6 is 35.6 Å². The first kappa shape index (κ1) is 77.8. The number of nitrogens with two attached hydrogens (primary N) is 1. The van der Waals surface area contributed by atoms with Gasteiger partial charge in [-0.2, -0.15) is 0 Å². The lowest BCUT2D eigenvalue weighted by Gasteiger charge is -2.29. The molecule has 6 aliphatic rings. The number of hydrogen-bond acceptors (Lipinski definition) is 17. The lowest BCUT2D eigenvalue weighted by Crippen LogP contribution is -2.46. The molecule has 0 bridgehead atoms. The maximum atomic E-state index is 14.4. The molecule has 2 saturated heterocycles. The molecule has 2 saturated carbocycles. The second kappa shape index (κ2) is 33.7. The number of methoxy groups -OCH3 is 2. The van der Waals surface area contributed by atoms with Crippen molar-refractivity contribution >= 4 is 94.5 Å². The van der Waals surface area contributed by atoms with Crippen LogP contribution in [0.5, 0.6) is 0 Å². The molecule has 3 N–H and O–H groups in total. The van der Waals surface area contributed by atoms with E-state index in [9.17, 15) is 43.5 Å². The Morgan fingerprint density at radius 3 is 1.46 bits per heavy atom. The summed E-state index contributed by atoms with van der Waals surface area (Å²) in [4.78, 5) is 119. The first-order chi connectivity index (χ1) is 43.8. The van der Waals surface area contributed by atoms with E-state index in [2.05, 4.69) is 41.4 Å². The van der Waals surface area contributed by atoms with Crippen LogP contribution in [0, 0.1) is 29.1 Å². The Morgan fingerprint density at radius 1 is 0.649 bits per heavy atom. The van der Waals surface area contributed by atoms with E-state index in [4.69, 9.17) is 52.8 Å². The lowest BCUT2D eigenvalue weighted by molar-refractivity contribution is -0.160. The molecule has 2 spiro atoms. The summed E-state index contributed by atoms with van der Waals surface area (Å²) in [5.41, 5.74) is 3.55. The molecule has 2 aromatic rings. The van der Waals surface area contributed by atoms with Gasteiger partial charge >= 0.3 is 29.8 Å². The fraction of sp³-hybridized carbons (Fsp3) is 0.577. The Kier molecular flexibility index (Phi) is 27.9. The van der Waals surface area contributed by atoms with E-state index >= 15 is 0 Å². The molecular weight excluding hydrogens is 1270 g/mol. The molecule has 94 heavy (non-hydrogen) atoms. The van der Waals surface area contributed by atoms with Crippen LogP contribution in [-0.4, -0.2) is 141 Å². The molecule has 23 heteroatoms. The Bertz CT molecular complexity index is 3180. The normalized spacial score (nSPS) is 25.1. The average molecular weight is 1370 g/mol. The summed E-state index contributed by atoms with van der Waals surface area (Å²) in [5.74, 6) is -5.17. The van der Waals surface area contributed by atoms with E-state index < -0.39 is 81.2 Å². The number of Topliss-reactive ketones (excluding diaryl/α,β-unsaturated/α-hetero) is 1. The van der Waals surface area contributed by atoms with Crippen molar-refractivity contribution in [1.82, 2.24) is 9.80 Å². The number of unbranched alkanes of at least 4 members (excludes halogenated alkanes) is 6. The molecular formula is C71H96Cl3N5O15. The predicted molar refractivity (Wildman–Crippen MR) is 362 cm³/mol. The first-order valence-corrected chi connectivity index (χ1v) is 32.8. The third-order valence-corrected chi connectivity index (χ3v) is 18.2. The highest BCUT2D eigenvalue weighted by atomic mass is 35.5. The number of ether oxygens (including phenoxy) is 4. The van der Waals surface area contributed by atoms with Crippen molar-refractivity contribution in [3.8, 4) is 0 Å². The number of ketones is 1. The number of carboxylic acids is 1. The van der Waals surface area contributed by atoms with Crippen LogP contribution in [0.15, 0.2) is 109 Å². The number of carbonyl (C=O) groups excluding carboxylic acids is 7. The summed E-state index contributed by atoms with van der Waals surface area (Å²) >= 11 is 12.4. The van der Waals surface area contributed by atoms with E-state index in [1.54, 1.807) is 82.9 Å². The van der Waals surface area contributed by atoms with Gasteiger partial charge in [-0.1, -0.05) is 108 Å². The second-order valence-corrected chi connectivity index (χ2v) is 28.3. The van der Waals surface area contributed by atoms with Crippen molar-refractivity contribution in [2.75, 3.05) is 27.3 Å². The molecule has 2 aromatic carbocycles. The number of halogens is 3. The van der Waals surface area contributed by atoms with Gasteiger partial charge in [0.2, 0.25) is 11.8 Å². The van der Waals surface area contributed by atoms with Crippen molar-refractivity contribution < 1.29 is 72.1 Å². The van der Waals surface area contributed by atoms with Gasteiger partial charge in [0.15, 0.2) is 17.0 Å². The van der Waals surface area contributed by atoms with Gasteiger partial charge in [-0.05, 0) is 123 Å². The van der Waals surface area contributed by atoms with Crippen LogP contribution in [0.25, 0.3) is 0 Å². The number of allylic oxidation sites excluding steroid dienone is 3. The van der Waals surface area contributed by atoms with Gasteiger partial charge in [-0.3, -0.25) is 33.6 Å². The van der Waals surface area contributed by atoms with Crippen molar-refractivity contribution in [2.24, 2.45) is 45.1 Å². The molecule has 0 aromatic heterocycles. The molecule has 0 unspecified atom stereocenters. The summed E-state index contributed by atoms with van der Waals surface area (Å²) in [6.45, 7) is 25.8. The quantitative estimate of drug-likeness (QED) is 0.0347. The zero-order chi connectivity index (χ0) is 68.7. The molecule has 516 valence electrons. The first-order valence-electron chi connectivity index (χ1n) is 32.1. The van der Waals surface area contributed by atoms with Crippen LogP contribution in [0.1, 0.15) is 175 Å². The maximum Gasteiger partial charge on any atom is 0.326 e. The second-order valence-electron chi connectivity index (χ2n) is 27.5. The van der Waals surface area contributed by atoms with Crippen molar-refractivity contribution in [3.05, 3.63) is 120 Å². The van der Waals surface area contributed by atoms with Gasteiger partial charge in [0.05, 0.1) is 63.0 Å². The van der Waals surface area contributed by atoms with E-state index in [0.717, 1.165) is 62.5 Å². The minimum atomic E-state index is -1.10. The van der Waals surface area contributed by atoms with E-state index in [-0.39, 0.29) is 93.0 Å². The molecule has 10 atom stereocenters. The topological polar surface area (TPSA) is 269 Å². The van der Waals surface area contributed by atoms with Crippen LogP contribution in [0.3, 0.4) is 0 Å². The predicted octanol–water partition coefficient (Wildman–Crippen LogP) is 12.5. The smallest absolute Gasteiger partial charge is 0.326 e. The van der Waals surface area contributed by atoms with Crippen LogP contribution in [0.2, 0.25) is 10.0 Å². The molecule has 4 fully saturated rings. The van der Waals surface area contributed by atoms with Crippen molar-refractivity contribution in [2.45, 2.75) is 204 Å². The average Bonchev–Trinajstić information content (AvgIpc) is 1.59. The number of esters is 4. The molecule has 4 aliphatic heterocycles. The number of hydrogen-bond donors (Lipinski definition) is 2. The number of nitrogens with zero attached hydrogens (tertiary/aromatic N) is 4. The highest BCUT2D eigenvalue weighted by Crippen LogP contribution is 2.58. The molecule has 0 radical (unpaired) electrons. The van der Waals surface area contributed by atoms with Gasteiger partial charge in [0.1, 0.15) is 22.8 Å². The zero-order valence-electron chi connectivity index (χ0n) is 55.8. The van der Waals surface area contributed by atoms with Crippen LogP contribution < -0.4 is 5.73 Å². The molecule has 8 rings (SSSR count). The van der Waals surface area contributed by atoms with Crippen molar-refractivity contribution in [1.29, 1.82) is 0 Å². The monoisotopic (exact) mass is 1360 g/mol. The Morgan fingerprint density at radius 2 is 1.09 bits per heavy atom. The molecule has 2 aliphatic carbocycles. The number of rotatable bonds is 28. The number of carbonyl (C=O) groups is 8. The van der Waals surface area contributed by atoms with Gasteiger partial charge in [0.25, 0.3) is 0 Å². The molecule has 20 nitrogen and oxygen atoms in total. The summed E-state index contributed by atoms with van der Waals surface area (Å²) in [7, 11) is 2.65. The Labute approximate surface area is 569 Å². The number of benzene rings is 2. The van der Waals surface area contributed by atoms with Gasteiger partial charge in [-0.25, -0.2) is 4.79 Å². The number of carboxylic acid groups (broad SMARTS) is 1. The van der Waals surface area contributed by atoms with Gasteiger partial charge in [-0.15, -0.1) is 38.7 Å². The zero-order valence-corrected chi connectivity index (χ0v) is 58.1. The highest BCUT2D eigenvalue weighted by molar-refractivity contribution is 6.31. The summed E-state index contributed by atoms with van der Waals surface area (Å²) < 4.78 is 20.6. The Hall–Kier alpha value is -6.87. The van der Waals surface area contributed by atoms with Crippen molar-refractivity contribution in [3.63, 3.8) is 0 Å². The lowest BCUT2D eigenvalue weighted by atomic mass is 9.87. The van der Waals surface area contributed by atoms with Crippen LogP contribution in [-0.2, 0) is 67.0 Å². The summed E-state index contributed by atoms with van der Waals surface area (Å²) in [6, 6.07) is 12.6. The van der Waals surface area contributed by atoms with E-state index in [1.807, 2.05) is 36.4 Å². The third kappa shape index (κ3) is 20.8. The van der Waals surface area contributed by atoms with E-state index in [0.29, 0.717) is 60.0 Å². The fourth-order valence-electron chi connectivity index (χ4n) is 12.7. The highest BCUT2D eigenvalue weighted by Gasteiger charge is 2.63. The third-order valence-electron chi connectivity index (χ3n) is 17.7. The fourth-order valence-corrected chi connectivity index (χ4v) is 13.1. The summed E-state index contributed by atoms with van der Waals surface area (Å²) in [5, 5.41) is 19.7. The number of amides is 2. The standard InChI is InChI=1S/C36H47ClN2O7.C28H37ClN2O6.C7H11NO2.ClH/c1-7-9-10-11-12-14-25(18-31(41)45-34(3,4)5)32(42)39-23-35(20-28(38-46-35)24-15-13-16-27(37)17-24)21-29(39)30(40)22-36(33(43)44-6)19-26(36)8-2;1-5-6-7-8-9-11-20(15-24(32)36-27(2,3)4)25(33)31-18-28(17-23(31)26(34)35)16-22(30-37-28)19-12-10-13-21(29)14-19;1-3-5-4-7(5,8)6(9)10-2;/h7-8,13,15-17,25-26,29H,1-2,9-12,14,18-23H2,3-6H3;5,10,12-14,20,23H,1,6-9,11,15-18H2,2-4H3,(H,34,35);3,5H,1,4,8H2,2H3;1H/t25-,26-,29+,35-,36-;20-,23+,28-;5-,7-;/m111./s1. The SMILES string of the molecule is C=CCCCCC[C@H](CC(=O)OC(C)(C)C)C(=O)N1C[C@@]2(CC(c3cccc(Cl)c3)=NO2)C[C@H]1C(=O)C[C@]1(C(=O)OC)C[C@H]1C=C.C=CCCCCC[C@H](CC(=O)OC(C)(C)C)C(=O)N1C[C@@]2(CC(c3cccc(Cl)c3)=NO2)C[C@H]1C(=O)O.C=C[C@@H]1C[C@]1(N)C(=O)OC.Cl. The molecule has 4 heterocycles. The largest absolute Gasteiger partial charge is 0.480 e. The number of likely N-dealkylation sites (tertiary alicyclic amines) is 2. The van der Waals surface area contributed by atoms with Gasteiger partial charge < -0.3 is 49.3 Å².